The first-order valence-electron chi connectivity index (χ1n) is 14.2. The molecular formula is C34H48O2Sm-4. The number of hydrogen-bond acceptors (Lipinski definition) is 2. The maximum absolute atomic E-state index is 4.82. The molecule has 0 N–H and O–H groups in total. The molecule has 2 heterocycles. The molecule has 0 radical (unpaired) electrons. The van der Waals surface area contributed by atoms with Crippen LogP contribution in [0, 0.1) is 116 Å². The molecule has 2 aliphatic heterocycles. The Kier molecular flexibility index (Phi) is 12.8. The van der Waals surface area contributed by atoms with Crippen LogP contribution in [-0.2, 0) is 9.47 Å². The van der Waals surface area contributed by atoms with Gasteiger partial charge in [-0.05, 0) is 91.4 Å². The minimum absolute atomic E-state index is 0. The average molecular weight is 639 g/mol. The van der Waals surface area contributed by atoms with Gasteiger partial charge in [-0.3, -0.25) is 0 Å². The molecule has 8 unspecified atom stereocenters. The van der Waals surface area contributed by atoms with E-state index < -0.39 is 0 Å². The standard InChI is InChI=1S/C24H28.2C4H7O.2CH3.Sm/c1-3-15-7-11-19(21-13-9-17(5-1)23(15)21)20-12-8-16-4-2-6-18-10-14-22(20)24(16)18;2*1-2-4-5-3-1;;;/h1-7,11,17-24H,8-10,12-14H2;2*3H,1-2,4H2;2*1H3;/q;4*-1;. The first-order valence-corrected chi connectivity index (χ1v) is 14.2. The predicted molar refractivity (Wildman–Crippen MR) is 151 cm³/mol. The van der Waals surface area contributed by atoms with E-state index in [2.05, 4.69) is 48.6 Å². The molecule has 0 aromatic rings. The van der Waals surface area contributed by atoms with Gasteiger partial charge in [-0.15, -0.1) is 0 Å². The summed E-state index contributed by atoms with van der Waals surface area (Å²) in [7, 11) is 0. The van der Waals surface area contributed by atoms with Gasteiger partial charge in [0.05, 0.1) is 0 Å². The number of allylic oxidation sites excluding steroid dienone is 10. The molecule has 0 amide bonds. The van der Waals surface area contributed by atoms with E-state index in [1.807, 2.05) is 13.2 Å². The van der Waals surface area contributed by atoms with Gasteiger partial charge in [0.15, 0.2) is 0 Å². The van der Waals surface area contributed by atoms with E-state index in [-0.39, 0.29) is 55.2 Å². The Morgan fingerprint density at radius 3 is 1.95 bits per heavy atom. The maximum atomic E-state index is 4.82. The van der Waals surface area contributed by atoms with Crippen LogP contribution in [-0.4, -0.2) is 13.2 Å². The van der Waals surface area contributed by atoms with Crippen molar-refractivity contribution in [2.75, 3.05) is 13.2 Å². The molecule has 6 aliphatic carbocycles. The van der Waals surface area contributed by atoms with Crippen molar-refractivity contribution in [3.63, 3.8) is 0 Å². The van der Waals surface area contributed by atoms with E-state index in [9.17, 15) is 0 Å². The molecule has 0 aromatic heterocycles. The third kappa shape index (κ3) is 6.82. The second-order valence-electron chi connectivity index (χ2n) is 11.5. The van der Waals surface area contributed by atoms with Crippen LogP contribution in [0.1, 0.15) is 64.2 Å². The Labute approximate surface area is 260 Å². The first-order chi connectivity index (χ1) is 16.9. The fraction of sp³-hybridized carbons (Fsp3) is 0.588. The second-order valence-corrected chi connectivity index (χ2v) is 11.5. The van der Waals surface area contributed by atoms with Gasteiger partial charge < -0.3 is 24.3 Å². The Balaban J connectivity index is 0.000000248. The van der Waals surface area contributed by atoms with E-state index in [0.29, 0.717) is 0 Å². The van der Waals surface area contributed by atoms with Crippen molar-refractivity contribution in [3.8, 4) is 0 Å². The van der Waals surface area contributed by atoms with Crippen LogP contribution in [0.4, 0.5) is 0 Å². The maximum Gasteiger partial charge on any atom is 0.00878 e. The van der Waals surface area contributed by atoms with Gasteiger partial charge in [-0.25, -0.2) is 13.2 Å². The van der Waals surface area contributed by atoms with Crippen molar-refractivity contribution in [2.24, 2.45) is 47.3 Å². The normalized spacial score (nSPS) is 39.1. The summed E-state index contributed by atoms with van der Waals surface area (Å²) in [5, 5.41) is 0. The summed E-state index contributed by atoms with van der Waals surface area (Å²) < 4.78 is 9.64. The molecule has 0 bridgehead atoms. The van der Waals surface area contributed by atoms with Crippen molar-refractivity contribution in [1.82, 2.24) is 0 Å². The van der Waals surface area contributed by atoms with Gasteiger partial charge in [0.2, 0.25) is 0 Å². The SMILES string of the molecule is C1=CC2CCC3C(C4CCC5=CC=CC6CCC4C56)C=CC(=C1)C23.[CH-]1CCCO1.[CH-]1CCCO1.[CH3-].[CH3-].[Sm]. The van der Waals surface area contributed by atoms with Crippen molar-refractivity contribution in [3.05, 3.63) is 87.8 Å². The summed E-state index contributed by atoms with van der Waals surface area (Å²) in [6.07, 6.45) is 33.1. The quantitative estimate of drug-likeness (QED) is 0.268. The van der Waals surface area contributed by atoms with Crippen LogP contribution in [0.25, 0.3) is 0 Å². The first kappa shape index (κ1) is 31.5. The summed E-state index contributed by atoms with van der Waals surface area (Å²) in [4.78, 5) is 0. The zero-order chi connectivity index (χ0) is 22.7. The smallest absolute Gasteiger partial charge is 0.00878 e. The molecule has 2 nitrogen and oxygen atoms in total. The topological polar surface area (TPSA) is 18.5 Å². The third-order valence-corrected chi connectivity index (χ3v) is 9.86. The fourth-order valence-electron chi connectivity index (χ4n) is 8.47. The van der Waals surface area contributed by atoms with Crippen LogP contribution in [0.5, 0.6) is 0 Å². The largest absolute Gasteiger partial charge is 0.552 e. The molecule has 3 heteroatoms. The van der Waals surface area contributed by atoms with E-state index in [1.54, 1.807) is 11.1 Å². The van der Waals surface area contributed by atoms with Crippen molar-refractivity contribution < 1.29 is 49.9 Å². The monoisotopic (exact) mass is 640 g/mol. The predicted octanol–water partition coefficient (Wildman–Crippen LogP) is 8.68. The minimum atomic E-state index is 0. The molecular weight excluding hydrogens is 591 g/mol. The molecule has 37 heavy (non-hydrogen) atoms. The van der Waals surface area contributed by atoms with Crippen molar-refractivity contribution >= 4 is 0 Å². The van der Waals surface area contributed by atoms with E-state index in [1.165, 1.54) is 51.4 Å². The van der Waals surface area contributed by atoms with E-state index in [4.69, 9.17) is 9.47 Å². The number of hydrogen-bond donors (Lipinski definition) is 0. The van der Waals surface area contributed by atoms with Crippen LogP contribution >= 0.6 is 0 Å². The molecule has 8 aliphatic rings. The van der Waals surface area contributed by atoms with Crippen LogP contribution in [0.3, 0.4) is 0 Å². The van der Waals surface area contributed by atoms with Crippen LogP contribution in [0.2, 0.25) is 0 Å². The summed E-state index contributed by atoms with van der Waals surface area (Å²) in [5.74, 6) is 7.19. The molecule has 8 rings (SSSR count). The molecule has 206 valence electrons. The summed E-state index contributed by atoms with van der Waals surface area (Å²) in [6, 6.07) is 0. The Hall–Kier alpha value is -0.0423. The van der Waals surface area contributed by atoms with E-state index >= 15 is 0 Å². The Morgan fingerprint density at radius 2 is 1.32 bits per heavy atom. The Morgan fingerprint density at radius 1 is 0.676 bits per heavy atom. The van der Waals surface area contributed by atoms with Crippen LogP contribution < -0.4 is 0 Å². The van der Waals surface area contributed by atoms with Gasteiger partial charge in [0, 0.05) is 53.6 Å². The molecule has 5 fully saturated rings. The van der Waals surface area contributed by atoms with Gasteiger partial charge in [-0.1, -0.05) is 67.0 Å². The summed E-state index contributed by atoms with van der Waals surface area (Å²) >= 11 is 0. The molecule has 0 aromatic carbocycles. The molecule has 0 spiro atoms. The fourth-order valence-corrected chi connectivity index (χ4v) is 8.47. The van der Waals surface area contributed by atoms with Crippen LogP contribution in [0.15, 0.2) is 59.8 Å². The number of ether oxygens (including phenoxy) is 2. The average Bonchev–Trinajstić information content (AvgIpc) is 3.71. The summed E-state index contributed by atoms with van der Waals surface area (Å²) in [5.41, 5.74) is 3.44. The summed E-state index contributed by atoms with van der Waals surface area (Å²) in [6.45, 7) is 5.61. The van der Waals surface area contributed by atoms with Gasteiger partial charge in [0.1, 0.15) is 0 Å². The number of rotatable bonds is 1. The minimum Gasteiger partial charge on any atom is -0.552 e. The van der Waals surface area contributed by atoms with Crippen molar-refractivity contribution in [2.45, 2.75) is 64.2 Å². The second kappa shape index (κ2) is 15.1. The zero-order valence-corrected chi connectivity index (χ0v) is 25.7. The van der Waals surface area contributed by atoms with Gasteiger partial charge >= 0.3 is 0 Å². The van der Waals surface area contributed by atoms with Gasteiger partial charge in [-0.2, -0.15) is 12.8 Å². The molecule has 3 saturated carbocycles. The van der Waals surface area contributed by atoms with Gasteiger partial charge in [0.25, 0.3) is 0 Å². The third-order valence-electron chi connectivity index (χ3n) is 9.86. The zero-order valence-electron chi connectivity index (χ0n) is 23.1. The molecule has 8 atom stereocenters. The molecule has 2 saturated heterocycles. The Bertz CT molecular complexity index is 834. The van der Waals surface area contributed by atoms with E-state index in [0.717, 1.165) is 73.4 Å². The van der Waals surface area contributed by atoms with Crippen molar-refractivity contribution in [1.29, 1.82) is 0 Å².